The van der Waals surface area contributed by atoms with Crippen LogP contribution in [0.1, 0.15) is 32.6 Å². The Kier molecular flexibility index (Phi) is 2.92. The number of unbranched alkanes of at least 4 members (excludes halogenated alkanes) is 2. The lowest BCUT2D eigenvalue weighted by atomic mass is 9.90. The van der Waals surface area contributed by atoms with Gasteiger partial charge in [-0.15, -0.1) is 0 Å². The summed E-state index contributed by atoms with van der Waals surface area (Å²) in [6.45, 7) is 2.64. The molecule has 3 rings (SSSR count). The third-order valence-electron chi connectivity index (χ3n) is 3.91. The Morgan fingerprint density at radius 2 is 2.28 bits per heavy atom. The summed E-state index contributed by atoms with van der Waals surface area (Å²) >= 11 is 0. The van der Waals surface area contributed by atoms with Gasteiger partial charge in [-0.3, -0.25) is 0 Å². The second-order valence-corrected chi connectivity index (χ2v) is 5.10. The molecule has 100 valence electrons. The first-order chi connectivity index (χ1) is 8.68. The van der Waals surface area contributed by atoms with Gasteiger partial charge in [-0.25, -0.2) is 4.79 Å². The van der Waals surface area contributed by atoms with Gasteiger partial charge in [0.2, 0.25) is 5.79 Å². The molecule has 18 heavy (non-hydrogen) atoms. The van der Waals surface area contributed by atoms with Gasteiger partial charge < -0.3 is 19.3 Å². The second-order valence-electron chi connectivity index (χ2n) is 5.10. The SMILES string of the molecule is CCCCC[C@@]12OC[C@@H](O1)[C@@H](O)C1=C2C(=O)OC1. The van der Waals surface area contributed by atoms with E-state index in [0.29, 0.717) is 24.2 Å². The molecule has 0 aromatic carbocycles. The Bertz CT molecular complexity index is 402. The maximum absolute atomic E-state index is 11.8. The van der Waals surface area contributed by atoms with Crippen molar-refractivity contribution in [3.05, 3.63) is 11.1 Å². The molecule has 1 fully saturated rings. The van der Waals surface area contributed by atoms with E-state index in [-0.39, 0.29) is 12.7 Å². The highest BCUT2D eigenvalue weighted by Crippen LogP contribution is 2.46. The van der Waals surface area contributed by atoms with E-state index < -0.39 is 17.9 Å². The Balaban J connectivity index is 1.90. The van der Waals surface area contributed by atoms with Crippen molar-refractivity contribution in [2.45, 2.75) is 50.6 Å². The van der Waals surface area contributed by atoms with E-state index in [1.165, 1.54) is 0 Å². The van der Waals surface area contributed by atoms with Crippen molar-refractivity contribution in [2.75, 3.05) is 13.2 Å². The topological polar surface area (TPSA) is 65.0 Å². The first-order valence-corrected chi connectivity index (χ1v) is 6.58. The summed E-state index contributed by atoms with van der Waals surface area (Å²) in [5.41, 5.74) is 1.07. The fourth-order valence-corrected chi connectivity index (χ4v) is 2.96. The Hall–Kier alpha value is -0.910. The number of hydrogen-bond acceptors (Lipinski definition) is 5. The van der Waals surface area contributed by atoms with E-state index >= 15 is 0 Å². The quantitative estimate of drug-likeness (QED) is 0.596. The summed E-state index contributed by atoms with van der Waals surface area (Å²) in [6.07, 6.45) is 2.62. The van der Waals surface area contributed by atoms with Gasteiger partial charge in [-0.05, 0) is 6.42 Å². The summed E-state index contributed by atoms with van der Waals surface area (Å²) in [4.78, 5) is 11.8. The van der Waals surface area contributed by atoms with Gasteiger partial charge in [0.05, 0.1) is 6.61 Å². The molecule has 3 heterocycles. The number of fused-ring (bicyclic) bond motifs is 3. The fraction of sp³-hybridized carbons (Fsp3) is 0.769. The van der Waals surface area contributed by atoms with Crippen molar-refractivity contribution >= 4 is 5.97 Å². The predicted octanol–water partition coefficient (Wildman–Crippen LogP) is 0.906. The van der Waals surface area contributed by atoms with Gasteiger partial charge in [0.25, 0.3) is 0 Å². The molecule has 1 saturated heterocycles. The monoisotopic (exact) mass is 254 g/mol. The van der Waals surface area contributed by atoms with Crippen molar-refractivity contribution in [1.82, 2.24) is 0 Å². The Labute approximate surface area is 106 Å². The van der Waals surface area contributed by atoms with Crippen LogP contribution in [-0.2, 0) is 19.0 Å². The molecule has 0 saturated carbocycles. The molecule has 0 unspecified atom stereocenters. The molecular weight excluding hydrogens is 236 g/mol. The molecule has 0 aromatic heterocycles. The van der Waals surface area contributed by atoms with Crippen LogP contribution in [0.2, 0.25) is 0 Å². The number of esters is 1. The largest absolute Gasteiger partial charge is 0.458 e. The number of aliphatic hydroxyl groups is 1. The minimum absolute atomic E-state index is 0.175. The highest BCUT2D eigenvalue weighted by atomic mass is 16.8. The summed E-state index contributed by atoms with van der Waals surface area (Å²) in [5, 5.41) is 10.1. The van der Waals surface area contributed by atoms with Crippen LogP contribution in [0.15, 0.2) is 11.1 Å². The van der Waals surface area contributed by atoms with Crippen LogP contribution < -0.4 is 0 Å². The minimum Gasteiger partial charge on any atom is -0.458 e. The summed E-state index contributed by atoms with van der Waals surface area (Å²) in [5.74, 6) is -1.36. The van der Waals surface area contributed by atoms with E-state index in [4.69, 9.17) is 14.2 Å². The zero-order valence-electron chi connectivity index (χ0n) is 10.5. The third kappa shape index (κ3) is 1.61. The Morgan fingerprint density at radius 3 is 3.06 bits per heavy atom. The molecule has 3 atom stereocenters. The number of rotatable bonds is 4. The van der Waals surface area contributed by atoms with Crippen molar-refractivity contribution in [3.8, 4) is 0 Å². The standard InChI is InChI=1S/C13H18O5/c1-2-3-4-5-13-10-8(6-16-12(10)15)11(14)9(18-13)7-17-13/h9,11,14H,2-7H2,1H3/t9-,11+,13-/m1/s1. The van der Waals surface area contributed by atoms with Gasteiger partial charge in [0, 0.05) is 12.0 Å². The maximum atomic E-state index is 11.8. The van der Waals surface area contributed by atoms with Crippen LogP contribution in [0.25, 0.3) is 0 Å². The minimum atomic E-state index is -0.956. The molecule has 0 spiro atoms. The van der Waals surface area contributed by atoms with E-state index in [1.807, 2.05) is 0 Å². The maximum Gasteiger partial charge on any atom is 0.340 e. The molecule has 0 aliphatic carbocycles. The second kappa shape index (κ2) is 4.33. The number of carbonyl (C=O) groups is 1. The number of ether oxygens (including phenoxy) is 3. The normalized spacial score (nSPS) is 38.0. The lowest BCUT2D eigenvalue weighted by molar-refractivity contribution is -0.170. The zero-order chi connectivity index (χ0) is 12.8. The van der Waals surface area contributed by atoms with Crippen LogP contribution >= 0.6 is 0 Å². The average molecular weight is 254 g/mol. The first kappa shape index (κ1) is 12.1. The highest BCUT2D eigenvalue weighted by molar-refractivity contribution is 5.94. The van der Waals surface area contributed by atoms with Gasteiger partial charge >= 0.3 is 5.97 Å². The molecule has 3 aliphatic rings. The smallest absolute Gasteiger partial charge is 0.340 e. The predicted molar refractivity (Wildman–Crippen MR) is 61.7 cm³/mol. The first-order valence-electron chi connectivity index (χ1n) is 6.58. The molecule has 3 aliphatic heterocycles. The summed E-state index contributed by atoms with van der Waals surface area (Å²) < 4.78 is 16.5. The van der Waals surface area contributed by atoms with Crippen molar-refractivity contribution < 1.29 is 24.1 Å². The van der Waals surface area contributed by atoms with Crippen LogP contribution in [0.5, 0.6) is 0 Å². The molecule has 0 radical (unpaired) electrons. The van der Waals surface area contributed by atoms with Crippen molar-refractivity contribution in [1.29, 1.82) is 0 Å². The lowest BCUT2D eigenvalue weighted by Crippen LogP contribution is -2.44. The van der Waals surface area contributed by atoms with Crippen LogP contribution in [0.4, 0.5) is 0 Å². The lowest BCUT2D eigenvalue weighted by Gasteiger charge is -2.33. The number of cyclic esters (lactones) is 1. The number of carbonyl (C=O) groups excluding carboxylic acids is 1. The molecule has 5 nitrogen and oxygen atoms in total. The van der Waals surface area contributed by atoms with Crippen LogP contribution in [0, 0.1) is 0 Å². The fourth-order valence-electron chi connectivity index (χ4n) is 2.96. The molecule has 5 heteroatoms. The van der Waals surface area contributed by atoms with Gasteiger partial charge in [0.1, 0.15) is 24.4 Å². The highest BCUT2D eigenvalue weighted by Gasteiger charge is 2.57. The van der Waals surface area contributed by atoms with E-state index in [2.05, 4.69) is 6.92 Å². The summed E-state index contributed by atoms with van der Waals surface area (Å²) in [7, 11) is 0. The van der Waals surface area contributed by atoms with E-state index in [1.54, 1.807) is 0 Å². The zero-order valence-corrected chi connectivity index (χ0v) is 10.5. The van der Waals surface area contributed by atoms with Crippen molar-refractivity contribution in [2.24, 2.45) is 0 Å². The molecule has 1 N–H and O–H groups in total. The molecular formula is C13H18O5. The van der Waals surface area contributed by atoms with Crippen molar-refractivity contribution in [3.63, 3.8) is 0 Å². The molecule has 0 aromatic rings. The number of hydrogen-bond donors (Lipinski definition) is 1. The van der Waals surface area contributed by atoms with Gasteiger partial charge in [0.15, 0.2) is 0 Å². The number of aliphatic hydroxyl groups excluding tert-OH is 1. The third-order valence-corrected chi connectivity index (χ3v) is 3.91. The van der Waals surface area contributed by atoms with Gasteiger partial charge in [-0.2, -0.15) is 0 Å². The van der Waals surface area contributed by atoms with E-state index in [9.17, 15) is 9.90 Å². The van der Waals surface area contributed by atoms with Crippen LogP contribution in [-0.4, -0.2) is 42.3 Å². The Morgan fingerprint density at radius 1 is 1.44 bits per heavy atom. The van der Waals surface area contributed by atoms with Gasteiger partial charge in [-0.1, -0.05) is 19.8 Å². The average Bonchev–Trinajstić information content (AvgIpc) is 2.91. The van der Waals surface area contributed by atoms with Crippen LogP contribution in [0.3, 0.4) is 0 Å². The summed E-state index contributed by atoms with van der Waals surface area (Å²) in [6, 6.07) is 0. The van der Waals surface area contributed by atoms with E-state index in [0.717, 1.165) is 19.3 Å². The molecule has 0 amide bonds. The molecule has 2 bridgehead atoms.